The topological polar surface area (TPSA) is 55.6 Å². The van der Waals surface area contributed by atoms with Crippen LogP contribution < -0.4 is 5.73 Å². The fourth-order valence-electron chi connectivity index (χ4n) is 1.46. The Kier molecular flexibility index (Phi) is 5.94. The number of ether oxygens (including phenoxy) is 1. The molecule has 2 N–H and O–H groups in total. The van der Waals surface area contributed by atoms with Crippen LogP contribution in [-0.4, -0.2) is 38.1 Å². The third-order valence-electron chi connectivity index (χ3n) is 2.57. The molecule has 0 spiro atoms. The smallest absolute Gasteiger partial charge is 0.246 e. The highest BCUT2D eigenvalue weighted by Crippen LogP contribution is 2.07. The number of carbonyl (C=O) groups is 1. The van der Waals surface area contributed by atoms with Crippen molar-refractivity contribution in [1.82, 2.24) is 4.90 Å². The molecule has 1 amide bonds. The minimum Gasteiger partial charge on any atom is -0.399 e. The Hall–Kier alpha value is -1.81. The van der Waals surface area contributed by atoms with Gasteiger partial charge in [0.1, 0.15) is 0 Å². The average Bonchev–Trinajstić information content (AvgIpc) is 2.38. The molecule has 0 aromatic heterocycles. The van der Waals surface area contributed by atoms with Gasteiger partial charge in [0.25, 0.3) is 0 Å². The first-order valence-electron chi connectivity index (χ1n) is 5.91. The predicted octanol–water partition coefficient (Wildman–Crippen LogP) is 1.78. The highest BCUT2D eigenvalue weighted by molar-refractivity contribution is 5.91. The number of carbonyl (C=O) groups excluding carboxylic acids is 1. The molecule has 4 nitrogen and oxygen atoms in total. The molecule has 0 unspecified atom stereocenters. The molecule has 0 heterocycles. The van der Waals surface area contributed by atoms with Crippen molar-refractivity contribution in [2.45, 2.75) is 6.42 Å². The number of amides is 1. The van der Waals surface area contributed by atoms with Crippen LogP contribution in [0.15, 0.2) is 30.3 Å². The van der Waals surface area contributed by atoms with Gasteiger partial charge in [0.2, 0.25) is 5.91 Å². The van der Waals surface area contributed by atoms with Gasteiger partial charge in [-0.3, -0.25) is 4.79 Å². The van der Waals surface area contributed by atoms with Crippen LogP contribution in [0.5, 0.6) is 0 Å². The molecule has 18 heavy (non-hydrogen) atoms. The number of methoxy groups -OCH3 is 1. The number of hydrogen-bond acceptors (Lipinski definition) is 3. The van der Waals surface area contributed by atoms with Crippen molar-refractivity contribution in [3.8, 4) is 0 Å². The first-order valence-corrected chi connectivity index (χ1v) is 5.91. The second-order valence-corrected chi connectivity index (χ2v) is 4.11. The van der Waals surface area contributed by atoms with Gasteiger partial charge in [0.15, 0.2) is 0 Å². The molecule has 1 rings (SSSR count). The second-order valence-electron chi connectivity index (χ2n) is 4.11. The molecule has 0 aliphatic heterocycles. The number of nitrogens with two attached hydrogens (primary N) is 1. The van der Waals surface area contributed by atoms with Crippen LogP contribution >= 0.6 is 0 Å². The van der Waals surface area contributed by atoms with E-state index < -0.39 is 0 Å². The molecule has 98 valence electrons. The van der Waals surface area contributed by atoms with E-state index in [1.54, 1.807) is 31.2 Å². The molecule has 0 aliphatic carbocycles. The third kappa shape index (κ3) is 5.01. The number of anilines is 1. The standard InChI is InChI=1S/C14H20N2O2/c1-16(10-3-11-18-2)14(17)9-6-12-4-7-13(15)8-5-12/h4-9H,3,10-11,15H2,1-2H3/b9-6+. The highest BCUT2D eigenvalue weighted by Gasteiger charge is 2.03. The van der Waals surface area contributed by atoms with E-state index in [4.69, 9.17) is 10.5 Å². The molecular formula is C14H20N2O2. The summed E-state index contributed by atoms with van der Waals surface area (Å²) in [7, 11) is 3.44. The maximum Gasteiger partial charge on any atom is 0.246 e. The Bertz CT molecular complexity index is 399. The van der Waals surface area contributed by atoms with Crippen LogP contribution in [0.2, 0.25) is 0 Å². The zero-order valence-electron chi connectivity index (χ0n) is 10.9. The number of rotatable bonds is 6. The quantitative estimate of drug-likeness (QED) is 0.474. The summed E-state index contributed by atoms with van der Waals surface area (Å²) in [5, 5.41) is 0. The van der Waals surface area contributed by atoms with Crippen molar-refractivity contribution in [2.24, 2.45) is 0 Å². The van der Waals surface area contributed by atoms with Crippen LogP contribution in [0.3, 0.4) is 0 Å². The van der Waals surface area contributed by atoms with E-state index in [0.29, 0.717) is 13.2 Å². The molecule has 0 aliphatic rings. The van der Waals surface area contributed by atoms with Crippen LogP contribution in [-0.2, 0) is 9.53 Å². The van der Waals surface area contributed by atoms with Crippen LogP contribution in [0.1, 0.15) is 12.0 Å². The largest absolute Gasteiger partial charge is 0.399 e. The Morgan fingerprint density at radius 2 is 2.06 bits per heavy atom. The molecule has 0 saturated carbocycles. The fraction of sp³-hybridized carbons (Fsp3) is 0.357. The van der Waals surface area contributed by atoms with Crippen LogP contribution in [0.4, 0.5) is 5.69 Å². The van der Waals surface area contributed by atoms with E-state index in [1.807, 2.05) is 24.3 Å². The molecule has 1 aromatic rings. The predicted molar refractivity (Wildman–Crippen MR) is 74.0 cm³/mol. The Balaban J connectivity index is 2.45. The minimum absolute atomic E-state index is 0.0112. The van der Waals surface area contributed by atoms with E-state index in [-0.39, 0.29) is 5.91 Å². The van der Waals surface area contributed by atoms with Crippen molar-refractivity contribution in [2.75, 3.05) is 33.0 Å². The van der Waals surface area contributed by atoms with Gasteiger partial charge >= 0.3 is 0 Å². The first-order chi connectivity index (χ1) is 8.63. The molecule has 0 atom stereocenters. The Morgan fingerprint density at radius 1 is 1.39 bits per heavy atom. The normalized spacial score (nSPS) is 10.8. The lowest BCUT2D eigenvalue weighted by molar-refractivity contribution is -0.124. The minimum atomic E-state index is -0.0112. The highest BCUT2D eigenvalue weighted by atomic mass is 16.5. The average molecular weight is 248 g/mol. The van der Waals surface area contributed by atoms with Crippen LogP contribution in [0.25, 0.3) is 6.08 Å². The number of benzene rings is 1. The van der Waals surface area contributed by atoms with Gasteiger partial charge in [0, 0.05) is 39.1 Å². The SMILES string of the molecule is COCCCN(C)C(=O)/C=C/c1ccc(N)cc1. The fourth-order valence-corrected chi connectivity index (χ4v) is 1.46. The summed E-state index contributed by atoms with van der Waals surface area (Å²) >= 11 is 0. The van der Waals surface area contributed by atoms with Gasteiger partial charge < -0.3 is 15.4 Å². The first kappa shape index (κ1) is 14.3. The van der Waals surface area contributed by atoms with Gasteiger partial charge in [-0.25, -0.2) is 0 Å². The summed E-state index contributed by atoms with van der Waals surface area (Å²) in [5.41, 5.74) is 7.27. The van der Waals surface area contributed by atoms with Crippen molar-refractivity contribution < 1.29 is 9.53 Å². The number of nitrogen functional groups attached to an aromatic ring is 1. The van der Waals surface area contributed by atoms with E-state index in [2.05, 4.69) is 0 Å². The molecule has 1 aromatic carbocycles. The lowest BCUT2D eigenvalue weighted by Gasteiger charge is -2.14. The lowest BCUT2D eigenvalue weighted by Crippen LogP contribution is -2.26. The van der Waals surface area contributed by atoms with Crippen molar-refractivity contribution in [3.05, 3.63) is 35.9 Å². The summed E-state index contributed by atoms with van der Waals surface area (Å²) < 4.78 is 4.94. The summed E-state index contributed by atoms with van der Waals surface area (Å²) in [6, 6.07) is 7.38. The van der Waals surface area contributed by atoms with E-state index in [1.165, 1.54) is 0 Å². The third-order valence-corrected chi connectivity index (χ3v) is 2.57. The van der Waals surface area contributed by atoms with Crippen molar-refractivity contribution in [3.63, 3.8) is 0 Å². The van der Waals surface area contributed by atoms with Crippen LogP contribution in [0, 0.1) is 0 Å². The van der Waals surface area contributed by atoms with Gasteiger partial charge in [-0.2, -0.15) is 0 Å². The van der Waals surface area contributed by atoms with E-state index >= 15 is 0 Å². The summed E-state index contributed by atoms with van der Waals surface area (Å²) in [6.07, 6.45) is 4.20. The molecule has 4 heteroatoms. The molecule has 0 fully saturated rings. The van der Waals surface area contributed by atoms with E-state index in [0.717, 1.165) is 17.7 Å². The molecular weight excluding hydrogens is 228 g/mol. The van der Waals surface area contributed by atoms with Gasteiger partial charge in [-0.05, 0) is 30.2 Å². The molecule has 0 saturated heterocycles. The van der Waals surface area contributed by atoms with Gasteiger partial charge in [-0.15, -0.1) is 0 Å². The molecule has 0 radical (unpaired) electrons. The zero-order chi connectivity index (χ0) is 13.4. The van der Waals surface area contributed by atoms with Crippen molar-refractivity contribution in [1.29, 1.82) is 0 Å². The Morgan fingerprint density at radius 3 is 2.67 bits per heavy atom. The monoisotopic (exact) mass is 248 g/mol. The number of likely N-dealkylation sites (N-methyl/N-ethyl adjacent to an activating group) is 1. The number of nitrogens with zero attached hydrogens (tertiary/aromatic N) is 1. The Labute approximate surface area is 108 Å². The lowest BCUT2D eigenvalue weighted by atomic mass is 10.2. The summed E-state index contributed by atoms with van der Waals surface area (Å²) in [5.74, 6) is -0.0112. The zero-order valence-corrected chi connectivity index (χ0v) is 10.9. The second kappa shape index (κ2) is 7.50. The summed E-state index contributed by atoms with van der Waals surface area (Å²) in [4.78, 5) is 13.4. The van der Waals surface area contributed by atoms with Gasteiger partial charge in [-0.1, -0.05) is 12.1 Å². The number of hydrogen-bond donors (Lipinski definition) is 1. The van der Waals surface area contributed by atoms with Crippen molar-refractivity contribution >= 4 is 17.7 Å². The van der Waals surface area contributed by atoms with E-state index in [9.17, 15) is 4.79 Å². The maximum atomic E-state index is 11.8. The summed E-state index contributed by atoms with van der Waals surface area (Å²) in [6.45, 7) is 1.36. The molecule has 0 bridgehead atoms. The maximum absolute atomic E-state index is 11.8. The van der Waals surface area contributed by atoms with Gasteiger partial charge in [0.05, 0.1) is 0 Å².